The van der Waals surface area contributed by atoms with Gasteiger partial charge in [0.25, 0.3) is 0 Å². The Bertz CT molecular complexity index is 612. The minimum Gasteiger partial charge on any atom is -0.354 e. The molecule has 0 aliphatic carbocycles. The van der Waals surface area contributed by atoms with E-state index >= 15 is 0 Å². The van der Waals surface area contributed by atoms with Crippen LogP contribution in [-0.4, -0.2) is 22.6 Å². The molecule has 1 aromatic heterocycles. The van der Waals surface area contributed by atoms with Crippen LogP contribution >= 0.6 is 0 Å². The van der Waals surface area contributed by atoms with Crippen LogP contribution in [0.1, 0.15) is 36.3 Å². The average molecular weight is 296 g/mol. The van der Waals surface area contributed by atoms with E-state index in [0.717, 1.165) is 30.3 Å². The minimum absolute atomic E-state index is 0.471. The van der Waals surface area contributed by atoms with Gasteiger partial charge in [-0.2, -0.15) is 0 Å². The molecule has 1 aliphatic rings. The van der Waals surface area contributed by atoms with Crippen LogP contribution in [0.5, 0.6) is 0 Å². The lowest BCUT2D eigenvalue weighted by atomic mass is 10.0. The zero-order valence-electron chi connectivity index (χ0n) is 13.2. The number of benzene rings is 1. The van der Waals surface area contributed by atoms with Crippen molar-refractivity contribution < 1.29 is 0 Å². The van der Waals surface area contributed by atoms with Crippen LogP contribution in [0.4, 0.5) is 5.82 Å². The molecule has 0 bridgehead atoms. The van der Waals surface area contributed by atoms with Gasteiger partial charge < -0.3 is 10.6 Å². The Hall–Kier alpha value is -1.94. The first-order chi connectivity index (χ1) is 10.8. The fourth-order valence-corrected chi connectivity index (χ4v) is 3.28. The van der Waals surface area contributed by atoms with Gasteiger partial charge in [-0.05, 0) is 38.2 Å². The van der Waals surface area contributed by atoms with Crippen LogP contribution in [0.2, 0.25) is 0 Å². The van der Waals surface area contributed by atoms with E-state index in [1.165, 1.54) is 24.8 Å². The molecule has 1 fully saturated rings. The second kappa shape index (κ2) is 6.88. The maximum atomic E-state index is 5.75. The predicted molar refractivity (Wildman–Crippen MR) is 89.8 cm³/mol. The Morgan fingerprint density at radius 3 is 2.82 bits per heavy atom. The smallest absolute Gasteiger partial charge is 0.132 e. The molecule has 1 unspecified atom stereocenters. The van der Waals surface area contributed by atoms with E-state index in [1.807, 2.05) is 13.0 Å². The van der Waals surface area contributed by atoms with Gasteiger partial charge in [-0.3, -0.25) is 0 Å². The number of anilines is 1. The third-order valence-electron chi connectivity index (χ3n) is 4.37. The topological polar surface area (TPSA) is 55.0 Å². The molecule has 1 saturated heterocycles. The van der Waals surface area contributed by atoms with Crippen molar-refractivity contribution in [1.82, 2.24) is 9.97 Å². The largest absolute Gasteiger partial charge is 0.354 e. The molecule has 22 heavy (non-hydrogen) atoms. The highest BCUT2D eigenvalue weighted by atomic mass is 15.2. The number of rotatable bonds is 5. The molecule has 3 rings (SSSR count). The van der Waals surface area contributed by atoms with Crippen LogP contribution < -0.4 is 10.6 Å². The highest BCUT2D eigenvalue weighted by Crippen LogP contribution is 2.27. The molecule has 0 radical (unpaired) electrons. The molecule has 4 heteroatoms. The summed E-state index contributed by atoms with van der Waals surface area (Å²) >= 11 is 0. The maximum absolute atomic E-state index is 5.75. The summed E-state index contributed by atoms with van der Waals surface area (Å²) in [7, 11) is 0. The SMILES string of the molecule is Cc1nc(CN)cc(N2CCCC2CCc2ccccc2)n1. The highest BCUT2D eigenvalue weighted by Gasteiger charge is 2.25. The zero-order valence-corrected chi connectivity index (χ0v) is 13.2. The molecular formula is C18H24N4. The van der Waals surface area contributed by atoms with E-state index in [4.69, 9.17) is 5.73 Å². The summed E-state index contributed by atoms with van der Waals surface area (Å²) in [6, 6.07) is 13.3. The number of aromatic nitrogens is 2. The number of hydrogen-bond donors (Lipinski definition) is 1. The van der Waals surface area contributed by atoms with Gasteiger partial charge in [0, 0.05) is 25.2 Å². The molecule has 0 saturated carbocycles. The summed E-state index contributed by atoms with van der Waals surface area (Å²) in [5, 5.41) is 0. The van der Waals surface area contributed by atoms with Gasteiger partial charge in [0.1, 0.15) is 11.6 Å². The Morgan fingerprint density at radius 2 is 2.05 bits per heavy atom. The lowest BCUT2D eigenvalue weighted by Crippen LogP contribution is -2.31. The first kappa shape index (κ1) is 15.0. The number of nitrogens with two attached hydrogens (primary N) is 1. The van der Waals surface area contributed by atoms with E-state index in [9.17, 15) is 0 Å². The summed E-state index contributed by atoms with van der Waals surface area (Å²) in [5.74, 6) is 1.86. The van der Waals surface area contributed by atoms with Gasteiger partial charge in [0.15, 0.2) is 0 Å². The van der Waals surface area contributed by atoms with Crippen molar-refractivity contribution in [3.05, 3.63) is 53.5 Å². The quantitative estimate of drug-likeness (QED) is 0.922. The second-order valence-electron chi connectivity index (χ2n) is 5.98. The molecule has 0 amide bonds. The summed E-state index contributed by atoms with van der Waals surface area (Å²) < 4.78 is 0. The van der Waals surface area contributed by atoms with Crippen molar-refractivity contribution in [3.8, 4) is 0 Å². The average Bonchev–Trinajstić information content (AvgIpc) is 3.02. The molecule has 1 aromatic carbocycles. The zero-order chi connectivity index (χ0) is 15.4. The molecule has 1 atom stereocenters. The lowest BCUT2D eigenvalue weighted by molar-refractivity contribution is 0.604. The van der Waals surface area contributed by atoms with Crippen molar-refractivity contribution in [2.45, 2.75) is 45.2 Å². The Morgan fingerprint density at radius 1 is 1.23 bits per heavy atom. The van der Waals surface area contributed by atoms with Gasteiger partial charge in [0.05, 0.1) is 5.69 Å². The Balaban J connectivity index is 1.71. The molecule has 1 aliphatic heterocycles. The molecular weight excluding hydrogens is 272 g/mol. The predicted octanol–water partition coefficient (Wildman–Crippen LogP) is 2.85. The number of nitrogens with zero attached hydrogens (tertiary/aromatic N) is 3. The molecule has 2 heterocycles. The van der Waals surface area contributed by atoms with Crippen LogP contribution in [-0.2, 0) is 13.0 Å². The lowest BCUT2D eigenvalue weighted by Gasteiger charge is -2.26. The minimum atomic E-state index is 0.471. The van der Waals surface area contributed by atoms with E-state index < -0.39 is 0 Å². The van der Waals surface area contributed by atoms with Crippen molar-refractivity contribution in [1.29, 1.82) is 0 Å². The summed E-state index contributed by atoms with van der Waals surface area (Å²) in [4.78, 5) is 11.4. The molecule has 2 N–H and O–H groups in total. The third kappa shape index (κ3) is 3.45. The van der Waals surface area contributed by atoms with E-state index in [1.54, 1.807) is 0 Å². The van der Waals surface area contributed by atoms with Crippen LogP contribution in [0, 0.1) is 6.92 Å². The number of aryl methyl sites for hydroxylation is 2. The molecule has 4 nitrogen and oxygen atoms in total. The van der Waals surface area contributed by atoms with Crippen molar-refractivity contribution >= 4 is 5.82 Å². The third-order valence-corrected chi connectivity index (χ3v) is 4.37. The van der Waals surface area contributed by atoms with E-state index in [-0.39, 0.29) is 0 Å². The van der Waals surface area contributed by atoms with Crippen molar-refractivity contribution in [3.63, 3.8) is 0 Å². The van der Waals surface area contributed by atoms with Gasteiger partial charge >= 0.3 is 0 Å². The van der Waals surface area contributed by atoms with Gasteiger partial charge in [0.2, 0.25) is 0 Å². The molecule has 0 spiro atoms. The Kier molecular flexibility index (Phi) is 4.68. The Labute approximate surface area is 132 Å². The standard InChI is InChI=1S/C18H24N4/c1-14-20-16(13-19)12-18(21-14)22-11-5-8-17(22)10-9-15-6-3-2-4-7-15/h2-4,6-7,12,17H,5,8-11,13,19H2,1H3. The maximum Gasteiger partial charge on any atom is 0.132 e. The fourth-order valence-electron chi connectivity index (χ4n) is 3.28. The normalized spacial score (nSPS) is 17.9. The first-order valence-electron chi connectivity index (χ1n) is 8.11. The fraction of sp³-hybridized carbons (Fsp3) is 0.444. The first-order valence-corrected chi connectivity index (χ1v) is 8.11. The van der Waals surface area contributed by atoms with Crippen molar-refractivity contribution in [2.24, 2.45) is 5.73 Å². The van der Waals surface area contributed by atoms with E-state index in [0.29, 0.717) is 12.6 Å². The summed E-state index contributed by atoms with van der Waals surface area (Å²) in [6.07, 6.45) is 4.77. The van der Waals surface area contributed by atoms with E-state index in [2.05, 4.69) is 45.2 Å². The second-order valence-corrected chi connectivity index (χ2v) is 5.98. The van der Waals surface area contributed by atoms with Gasteiger partial charge in [-0.1, -0.05) is 30.3 Å². The monoisotopic (exact) mass is 296 g/mol. The van der Waals surface area contributed by atoms with Crippen molar-refractivity contribution in [2.75, 3.05) is 11.4 Å². The summed E-state index contributed by atoms with van der Waals surface area (Å²) in [5.41, 5.74) is 8.09. The van der Waals surface area contributed by atoms with Crippen LogP contribution in [0.25, 0.3) is 0 Å². The van der Waals surface area contributed by atoms with Crippen LogP contribution in [0.3, 0.4) is 0 Å². The van der Waals surface area contributed by atoms with Gasteiger partial charge in [-0.25, -0.2) is 9.97 Å². The number of hydrogen-bond acceptors (Lipinski definition) is 4. The van der Waals surface area contributed by atoms with Gasteiger partial charge in [-0.15, -0.1) is 0 Å². The van der Waals surface area contributed by atoms with Crippen LogP contribution in [0.15, 0.2) is 36.4 Å². The molecule has 116 valence electrons. The highest BCUT2D eigenvalue weighted by molar-refractivity contribution is 5.42. The molecule has 2 aromatic rings. The summed E-state index contributed by atoms with van der Waals surface area (Å²) in [6.45, 7) is 3.50.